The van der Waals surface area contributed by atoms with Crippen molar-refractivity contribution in [1.82, 2.24) is 9.97 Å². The average Bonchev–Trinajstić information content (AvgIpc) is 2.77. The van der Waals surface area contributed by atoms with Gasteiger partial charge in [-0.15, -0.1) is 0 Å². The summed E-state index contributed by atoms with van der Waals surface area (Å²) in [5.74, 6) is 3.73. The largest absolute Gasteiger partial charge is 0.493 e. The molecule has 0 aliphatic carbocycles. The summed E-state index contributed by atoms with van der Waals surface area (Å²) in [6, 6.07) is 15.4. The van der Waals surface area contributed by atoms with Crippen LogP contribution in [0.4, 0.5) is 17.3 Å². The first-order chi connectivity index (χ1) is 14.2. The molecule has 7 nitrogen and oxygen atoms in total. The van der Waals surface area contributed by atoms with Gasteiger partial charge in [-0.1, -0.05) is 37.3 Å². The van der Waals surface area contributed by atoms with Crippen molar-refractivity contribution < 1.29 is 14.2 Å². The summed E-state index contributed by atoms with van der Waals surface area (Å²) < 4.78 is 16.3. The maximum Gasteiger partial charge on any atom is 0.203 e. The SMILES string of the molecule is CCCNc1cc(Nc2cc(OC)c(OC)c(OC)c2)nc(-c2ccccc2)n1. The van der Waals surface area contributed by atoms with Crippen molar-refractivity contribution in [2.45, 2.75) is 13.3 Å². The van der Waals surface area contributed by atoms with Gasteiger partial charge in [0.2, 0.25) is 5.75 Å². The predicted molar refractivity (Wildman–Crippen MR) is 116 cm³/mol. The molecule has 0 bridgehead atoms. The summed E-state index contributed by atoms with van der Waals surface area (Å²) >= 11 is 0. The molecule has 0 saturated heterocycles. The number of ether oxygens (including phenoxy) is 3. The molecule has 0 amide bonds. The number of aromatic nitrogens is 2. The number of rotatable bonds is 9. The minimum absolute atomic E-state index is 0.540. The molecule has 7 heteroatoms. The summed E-state index contributed by atoms with van der Waals surface area (Å²) in [7, 11) is 4.76. The second-order valence-corrected chi connectivity index (χ2v) is 6.29. The topological polar surface area (TPSA) is 77.5 Å². The van der Waals surface area contributed by atoms with E-state index in [0.29, 0.717) is 28.9 Å². The van der Waals surface area contributed by atoms with E-state index in [-0.39, 0.29) is 0 Å². The normalized spacial score (nSPS) is 10.3. The zero-order chi connectivity index (χ0) is 20.6. The van der Waals surface area contributed by atoms with Crippen molar-refractivity contribution in [2.24, 2.45) is 0 Å². The van der Waals surface area contributed by atoms with Crippen LogP contribution in [0.5, 0.6) is 17.2 Å². The van der Waals surface area contributed by atoms with E-state index in [4.69, 9.17) is 14.2 Å². The Hall–Kier alpha value is -3.48. The van der Waals surface area contributed by atoms with E-state index < -0.39 is 0 Å². The van der Waals surface area contributed by atoms with E-state index in [1.165, 1.54) is 0 Å². The van der Waals surface area contributed by atoms with Crippen LogP contribution >= 0.6 is 0 Å². The summed E-state index contributed by atoms with van der Waals surface area (Å²) in [5.41, 5.74) is 1.71. The molecule has 2 aromatic carbocycles. The van der Waals surface area contributed by atoms with Crippen LogP contribution in [0.1, 0.15) is 13.3 Å². The highest BCUT2D eigenvalue weighted by Gasteiger charge is 2.14. The van der Waals surface area contributed by atoms with Gasteiger partial charge in [0.05, 0.1) is 21.3 Å². The minimum atomic E-state index is 0.540. The molecular weight excluding hydrogens is 368 g/mol. The van der Waals surface area contributed by atoms with E-state index in [9.17, 15) is 0 Å². The zero-order valence-electron chi connectivity index (χ0n) is 17.2. The molecule has 3 aromatic rings. The highest BCUT2D eigenvalue weighted by atomic mass is 16.5. The summed E-state index contributed by atoms with van der Waals surface area (Å²) in [4.78, 5) is 9.33. The van der Waals surface area contributed by atoms with Crippen LogP contribution in [0.25, 0.3) is 11.4 Å². The van der Waals surface area contributed by atoms with Gasteiger partial charge >= 0.3 is 0 Å². The van der Waals surface area contributed by atoms with Crippen LogP contribution in [-0.2, 0) is 0 Å². The molecule has 29 heavy (non-hydrogen) atoms. The first kappa shape index (κ1) is 20.3. The smallest absolute Gasteiger partial charge is 0.203 e. The van der Waals surface area contributed by atoms with Crippen molar-refractivity contribution >= 4 is 17.3 Å². The van der Waals surface area contributed by atoms with Crippen LogP contribution < -0.4 is 24.8 Å². The van der Waals surface area contributed by atoms with E-state index in [1.54, 1.807) is 21.3 Å². The van der Waals surface area contributed by atoms with Gasteiger partial charge in [-0.25, -0.2) is 9.97 Å². The van der Waals surface area contributed by atoms with Crippen molar-refractivity contribution in [3.05, 3.63) is 48.5 Å². The molecule has 0 fully saturated rings. The van der Waals surface area contributed by atoms with Gasteiger partial charge in [0.15, 0.2) is 17.3 Å². The third kappa shape index (κ3) is 4.87. The molecule has 1 heterocycles. The van der Waals surface area contributed by atoms with Gasteiger partial charge in [-0.2, -0.15) is 0 Å². The van der Waals surface area contributed by atoms with E-state index in [0.717, 1.165) is 30.0 Å². The Morgan fingerprint density at radius 3 is 2.07 bits per heavy atom. The van der Waals surface area contributed by atoms with Gasteiger partial charge < -0.3 is 24.8 Å². The van der Waals surface area contributed by atoms with E-state index >= 15 is 0 Å². The van der Waals surface area contributed by atoms with Crippen LogP contribution in [0.15, 0.2) is 48.5 Å². The molecule has 2 N–H and O–H groups in total. The Morgan fingerprint density at radius 2 is 1.48 bits per heavy atom. The second-order valence-electron chi connectivity index (χ2n) is 6.29. The van der Waals surface area contributed by atoms with Crippen LogP contribution in [0.3, 0.4) is 0 Å². The van der Waals surface area contributed by atoms with Gasteiger partial charge in [0, 0.05) is 36.0 Å². The fraction of sp³-hybridized carbons (Fsp3) is 0.273. The molecule has 1 aromatic heterocycles. The minimum Gasteiger partial charge on any atom is -0.493 e. The maximum atomic E-state index is 5.44. The van der Waals surface area contributed by atoms with Crippen molar-refractivity contribution in [3.63, 3.8) is 0 Å². The number of anilines is 3. The molecule has 0 saturated carbocycles. The third-order valence-corrected chi connectivity index (χ3v) is 4.25. The Kier molecular flexibility index (Phi) is 6.73. The first-order valence-corrected chi connectivity index (χ1v) is 9.43. The lowest BCUT2D eigenvalue weighted by Gasteiger charge is -2.16. The zero-order valence-corrected chi connectivity index (χ0v) is 17.2. The van der Waals surface area contributed by atoms with Crippen molar-refractivity contribution in [2.75, 3.05) is 38.5 Å². The van der Waals surface area contributed by atoms with Crippen LogP contribution in [0, 0.1) is 0 Å². The second kappa shape index (κ2) is 9.64. The number of nitrogens with zero attached hydrogens (tertiary/aromatic N) is 2. The average molecular weight is 394 g/mol. The van der Waals surface area contributed by atoms with Gasteiger partial charge in [-0.3, -0.25) is 0 Å². The highest BCUT2D eigenvalue weighted by molar-refractivity contribution is 5.69. The lowest BCUT2D eigenvalue weighted by molar-refractivity contribution is 0.324. The van der Waals surface area contributed by atoms with E-state index in [1.807, 2.05) is 48.5 Å². The summed E-state index contributed by atoms with van der Waals surface area (Å²) in [5, 5.41) is 6.66. The first-order valence-electron chi connectivity index (χ1n) is 9.43. The molecule has 0 aliphatic rings. The standard InChI is InChI=1S/C22H26N4O3/c1-5-11-23-19-14-20(26-22(25-19)15-9-7-6-8-10-15)24-16-12-17(27-2)21(29-4)18(13-16)28-3/h6-10,12-14H,5,11H2,1-4H3,(H2,23,24,25,26). The summed E-state index contributed by atoms with van der Waals surface area (Å²) in [6.07, 6.45) is 1.00. The van der Waals surface area contributed by atoms with Crippen molar-refractivity contribution in [1.29, 1.82) is 0 Å². The summed E-state index contributed by atoms with van der Waals surface area (Å²) in [6.45, 7) is 2.94. The molecule has 0 unspecified atom stereocenters. The lowest BCUT2D eigenvalue weighted by Crippen LogP contribution is -2.06. The fourth-order valence-corrected chi connectivity index (χ4v) is 2.87. The van der Waals surface area contributed by atoms with Gasteiger partial charge in [0.1, 0.15) is 11.6 Å². The fourth-order valence-electron chi connectivity index (χ4n) is 2.87. The van der Waals surface area contributed by atoms with Gasteiger partial charge in [0.25, 0.3) is 0 Å². The number of nitrogens with one attached hydrogen (secondary N) is 2. The number of methoxy groups -OCH3 is 3. The maximum absolute atomic E-state index is 5.44. The lowest BCUT2D eigenvalue weighted by atomic mass is 10.2. The molecule has 0 atom stereocenters. The molecule has 0 radical (unpaired) electrons. The highest BCUT2D eigenvalue weighted by Crippen LogP contribution is 2.40. The monoisotopic (exact) mass is 394 g/mol. The molecule has 0 aliphatic heterocycles. The predicted octanol–water partition coefficient (Wildman–Crippen LogP) is 4.73. The molecule has 0 spiro atoms. The molecular formula is C22H26N4O3. The van der Waals surface area contributed by atoms with Gasteiger partial charge in [-0.05, 0) is 6.42 Å². The Labute approximate surface area is 171 Å². The molecule has 3 rings (SSSR count). The van der Waals surface area contributed by atoms with E-state index in [2.05, 4.69) is 27.5 Å². The quantitative estimate of drug-likeness (QED) is 0.543. The van der Waals surface area contributed by atoms with Crippen molar-refractivity contribution in [3.8, 4) is 28.6 Å². The number of benzene rings is 2. The Balaban J connectivity index is 1.99. The number of hydrogen-bond donors (Lipinski definition) is 2. The van der Waals surface area contributed by atoms with Crippen LogP contribution in [0.2, 0.25) is 0 Å². The van der Waals surface area contributed by atoms with Crippen LogP contribution in [-0.4, -0.2) is 37.8 Å². The Bertz CT molecular complexity index is 923. The third-order valence-electron chi connectivity index (χ3n) is 4.25. The number of hydrogen-bond acceptors (Lipinski definition) is 7. The Morgan fingerprint density at radius 1 is 0.828 bits per heavy atom. The molecule has 152 valence electrons.